The number of benzene rings is 2. The van der Waals surface area contributed by atoms with E-state index in [9.17, 15) is 9.59 Å². The number of carbonyl (C=O) groups excluding carboxylic acids is 1. The Morgan fingerprint density at radius 1 is 1.03 bits per heavy atom. The van der Waals surface area contributed by atoms with Gasteiger partial charge in [0, 0.05) is 12.1 Å². The Kier molecular flexibility index (Phi) is 5.24. The van der Waals surface area contributed by atoms with Crippen molar-refractivity contribution < 1.29 is 32.9 Å². The second kappa shape index (κ2) is 8.14. The fourth-order valence-corrected chi connectivity index (χ4v) is 2.88. The molecule has 0 N–H and O–H groups in total. The van der Waals surface area contributed by atoms with Crippen LogP contribution >= 0.6 is 0 Å². The quantitative estimate of drug-likeness (QED) is 0.443. The molecule has 0 amide bonds. The third-order valence-electron chi connectivity index (χ3n) is 4.15. The molecule has 0 aliphatic carbocycles. The highest BCUT2D eigenvalue weighted by Crippen LogP contribution is 2.35. The predicted octanol–water partition coefficient (Wildman–Crippen LogP) is 3.16. The maximum absolute atomic E-state index is 12.5. The maximum atomic E-state index is 12.5. The second-order valence-corrected chi connectivity index (χ2v) is 6.04. The minimum absolute atomic E-state index is 0.146. The molecule has 2 heterocycles. The lowest BCUT2D eigenvalue weighted by atomic mass is 10.2. The molecule has 1 aliphatic rings. The van der Waals surface area contributed by atoms with Gasteiger partial charge >= 0.3 is 5.97 Å². The first kappa shape index (κ1) is 18.7. The van der Waals surface area contributed by atoms with Crippen molar-refractivity contribution in [3.05, 3.63) is 58.4 Å². The Morgan fingerprint density at radius 2 is 1.86 bits per heavy atom. The van der Waals surface area contributed by atoms with Crippen molar-refractivity contribution in [2.75, 3.05) is 26.6 Å². The zero-order valence-electron chi connectivity index (χ0n) is 15.6. The van der Waals surface area contributed by atoms with Crippen LogP contribution < -0.4 is 24.4 Å². The SMILES string of the molecule is CCOC(=O)c1cc(=O)c2c(OCCOc3ccc4c(c3)OCO4)cccc2o1. The number of fused-ring (bicyclic) bond motifs is 2. The number of carbonyl (C=O) groups is 1. The highest BCUT2D eigenvalue weighted by molar-refractivity contribution is 5.90. The van der Waals surface area contributed by atoms with Crippen molar-refractivity contribution in [1.82, 2.24) is 0 Å². The molecule has 0 saturated carbocycles. The molecule has 8 heteroatoms. The van der Waals surface area contributed by atoms with Crippen LogP contribution in [0.4, 0.5) is 0 Å². The van der Waals surface area contributed by atoms with E-state index in [1.165, 1.54) is 0 Å². The molecule has 0 fully saturated rings. The lowest BCUT2D eigenvalue weighted by molar-refractivity contribution is 0.0490. The molecule has 0 atom stereocenters. The average Bonchev–Trinajstić information content (AvgIpc) is 3.19. The minimum atomic E-state index is -0.685. The summed E-state index contributed by atoms with van der Waals surface area (Å²) in [5.41, 5.74) is -0.142. The Balaban J connectivity index is 1.44. The maximum Gasteiger partial charge on any atom is 0.374 e. The molecule has 0 unspecified atom stereocenters. The topological polar surface area (TPSA) is 93.4 Å². The van der Waals surface area contributed by atoms with Gasteiger partial charge in [0.15, 0.2) is 16.9 Å². The fourth-order valence-electron chi connectivity index (χ4n) is 2.88. The predicted molar refractivity (Wildman–Crippen MR) is 102 cm³/mol. The van der Waals surface area contributed by atoms with Crippen LogP contribution in [0.2, 0.25) is 0 Å². The first-order valence-corrected chi connectivity index (χ1v) is 9.05. The average molecular weight is 398 g/mol. The Hall–Kier alpha value is -3.68. The summed E-state index contributed by atoms with van der Waals surface area (Å²) in [5, 5.41) is 0.253. The molecule has 0 radical (unpaired) electrons. The van der Waals surface area contributed by atoms with Gasteiger partial charge in [-0.25, -0.2) is 4.79 Å². The van der Waals surface area contributed by atoms with E-state index >= 15 is 0 Å². The van der Waals surface area contributed by atoms with Gasteiger partial charge in [-0.3, -0.25) is 4.79 Å². The summed E-state index contributed by atoms with van der Waals surface area (Å²) in [4.78, 5) is 24.3. The van der Waals surface area contributed by atoms with Gasteiger partial charge in [0.2, 0.25) is 12.6 Å². The van der Waals surface area contributed by atoms with E-state index in [1.807, 2.05) is 0 Å². The van der Waals surface area contributed by atoms with Gasteiger partial charge in [0.05, 0.1) is 6.61 Å². The van der Waals surface area contributed by atoms with Gasteiger partial charge in [0.25, 0.3) is 0 Å². The summed E-state index contributed by atoms with van der Waals surface area (Å²) in [6.45, 7) is 2.51. The van der Waals surface area contributed by atoms with Crippen molar-refractivity contribution in [2.24, 2.45) is 0 Å². The minimum Gasteiger partial charge on any atom is -0.490 e. The molecule has 4 rings (SSSR count). The third kappa shape index (κ3) is 3.96. The van der Waals surface area contributed by atoms with Crippen LogP contribution in [0.15, 0.2) is 51.7 Å². The van der Waals surface area contributed by atoms with Gasteiger partial charge in [0.1, 0.15) is 35.7 Å². The van der Waals surface area contributed by atoms with Crippen LogP contribution in [0.1, 0.15) is 17.5 Å². The van der Waals surface area contributed by atoms with E-state index < -0.39 is 5.97 Å². The highest BCUT2D eigenvalue weighted by Gasteiger charge is 2.16. The molecule has 0 saturated heterocycles. The summed E-state index contributed by atoms with van der Waals surface area (Å²) >= 11 is 0. The molecule has 0 spiro atoms. The van der Waals surface area contributed by atoms with Gasteiger partial charge < -0.3 is 28.1 Å². The summed E-state index contributed by atoms with van der Waals surface area (Å²) in [6.07, 6.45) is 0. The van der Waals surface area contributed by atoms with Crippen molar-refractivity contribution in [1.29, 1.82) is 0 Å². The van der Waals surface area contributed by atoms with Gasteiger partial charge in [-0.05, 0) is 31.2 Å². The molecule has 1 aromatic heterocycles. The summed E-state index contributed by atoms with van der Waals surface area (Å²) in [5.74, 6) is 1.45. The standard InChI is InChI=1S/C21H18O8/c1-2-24-21(23)19-11-14(22)20-16(4-3-5-17(20)29-19)26-9-8-25-13-6-7-15-18(10-13)28-12-27-15/h3-7,10-11H,2,8-9,12H2,1H3. The van der Waals surface area contributed by atoms with Crippen LogP contribution in [0, 0.1) is 0 Å². The zero-order valence-corrected chi connectivity index (χ0v) is 15.6. The molecule has 150 valence electrons. The third-order valence-corrected chi connectivity index (χ3v) is 4.15. The number of esters is 1. The molecule has 29 heavy (non-hydrogen) atoms. The first-order valence-electron chi connectivity index (χ1n) is 9.05. The smallest absolute Gasteiger partial charge is 0.374 e. The highest BCUT2D eigenvalue weighted by atomic mass is 16.7. The number of ether oxygens (including phenoxy) is 5. The number of hydrogen-bond donors (Lipinski definition) is 0. The normalized spacial score (nSPS) is 12.0. The molecule has 8 nitrogen and oxygen atoms in total. The van der Waals surface area contributed by atoms with Gasteiger partial charge in [-0.2, -0.15) is 0 Å². The lowest BCUT2D eigenvalue weighted by Crippen LogP contribution is -2.13. The van der Waals surface area contributed by atoms with E-state index in [0.29, 0.717) is 23.0 Å². The summed E-state index contributed by atoms with van der Waals surface area (Å²) in [6, 6.07) is 11.3. The van der Waals surface area contributed by atoms with E-state index in [4.69, 9.17) is 28.1 Å². The van der Waals surface area contributed by atoms with Crippen molar-refractivity contribution >= 4 is 16.9 Å². The fraction of sp³-hybridized carbons (Fsp3) is 0.238. The van der Waals surface area contributed by atoms with E-state index in [0.717, 1.165) is 6.07 Å². The Morgan fingerprint density at radius 3 is 2.72 bits per heavy atom. The second-order valence-electron chi connectivity index (χ2n) is 6.04. The van der Waals surface area contributed by atoms with Crippen LogP contribution in [0.3, 0.4) is 0 Å². The van der Waals surface area contributed by atoms with Crippen molar-refractivity contribution in [3.8, 4) is 23.0 Å². The van der Waals surface area contributed by atoms with E-state index in [-0.39, 0.29) is 48.8 Å². The molecule has 0 bridgehead atoms. The van der Waals surface area contributed by atoms with E-state index in [2.05, 4.69) is 0 Å². The van der Waals surface area contributed by atoms with Crippen molar-refractivity contribution in [2.45, 2.75) is 6.92 Å². The van der Waals surface area contributed by atoms with Gasteiger partial charge in [-0.15, -0.1) is 0 Å². The van der Waals surface area contributed by atoms with Crippen LogP contribution in [-0.4, -0.2) is 32.6 Å². The Bertz CT molecular complexity index is 1100. The zero-order chi connectivity index (χ0) is 20.2. The molecule has 2 aromatic carbocycles. The van der Waals surface area contributed by atoms with Crippen molar-refractivity contribution in [3.63, 3.8) is 0 Å². The first-order chi connectivity index (χ1) is 14.2. The molecular formula is C21H18O8. The van der Waals surface area contributed by atoms with Gasteiger partial charge in [-0.1, -0.05) is 6.07 Å². The number of hydrogen-bond acceptors (Lipinski definition) is 8. The van der Waals surface area contributed by atoms with Crippen LogP contribution in [-0.2, 0) is 4.74 Å². The van der Waals surface area contributed by atoms with E-state index in [1.54, 1.807) is 43.3 Å². The largest absolute Gasteiger partial charge is 0.490 e. The number of rotatable bonds is 7. The molecular weight excluding hydrogens is 380 g/mol. The molecule has 1 aliphatic heterocycles. The van der Waals surface area contributed by atoms with Crippen LogP contribution in [0.5, 0.6) is 23.0 Å². The molecule has 3 aromatic rings. The summed E-state index contributed by atoms with van der Waals surface area (Å²) in [7, 11) is 0. The summed E-state index contributed by atoms with van der Waals surface area (Å²) < 4.78 is 32.3. The Labute approximate surface area is 165 Å². The van der Waals surface area contributed by atoms with Crippen LogP contribution in [0.25, 0.3) is 11.0 Å². The lowest BCUT2D eigenvalue weighted by Gasteiger charge is -2.10. The monoisotopic (exact) mass is 398 g/mol.